The number of fused-ring (bicyclic) bond motifs is 1. The first-order valence-corrected chi connectivity index (χ1v) is 8.60. The van der Waals surface area contributed by atoms with E-state index in [9.17, 15) is 4.21 Å². The number of aromatic nitrogens is 4. The van der Waals surface area contributed by atoms with Crippen molar-refractivity contribution in [2.24, 2.45) is 0 Å². The van der Waals surface area contributed by atoms with Crippen molar-refractivity contribution in [1.82, 2.24) is 19.9 Å². The summed E-state index contributed by atoms with van der Waals surface area (Å²) in [6.45, 7) is 0. The molecule has 0 bridgehead atoms. The van der Waals surface area contributed by atoms with Gasteiger partial charge in [-0.3, -0.25) is 4.21 Å². The molecule has 1 unspecified atom stereocenters. The fraction of sp³-hybridized carbons (Fsp3) is 0.0769. The van der Waals surface area contributed by atoms with E-state index in [-0.39, 0.29) is 5.16 Å². The zero-order valence-corrected chi connectivity index (χ0v) is 14.1. The van der Waals surface area contributed by atoms with Crippen LogP contribution in [0.2, 0.25) is 10.0 Å². The van der Waals surface area contributed by atoms with Crippen LogP contribution in [0.5, 0.6) is 0 Å². The largest absolute Gasteiger partial charge is 0.396 e. The van der Waals surface area contributed by atoms with Crippen LogP contribution in [0.4, 0.5) is 17.2 Å². The standard InChI is InChI=1S/C13H10Cl2N6OS/c1-23(22)13-17-4-9-11(21-13)12(19-5-18-9)20-6-2-7(14)10(16)8(15)3-6/h2-5H,16H2,1H3,(H,18,19,20). The first-order valence-electron chi connectivity index (χ1n) is 6.28. The van der Waals surface area contributed by atoms with Crippen LogP contribution >= 0.6 is 23.2 Å². The molecule has 2 aromatic heterocycles. The van der Waals surface area contributed by atoms with Crippen molar-refractivity contribution >= 4 is 62.2 Å². The second-order valence-corrected chi connectivity index (χ2v) is 6.63. The van der Waals surface area contributed by atoms with Gasteiger partial charge in [0.25, 0.3) is 0 Å². The van der Waals surface area contributed by atoms with Gasteiger partial charge < -0.3 is 11.1 Å². The van der Waals surface area contributed by atoms with E-state index in [0.29, 0.717) is 38.3 Å². The maximum Gasteiger partial charge on any atom is 0.218 e. The van der Waals surface area contributed by atoms with Crippen molar-refractivity contribution in [3.63, 3.8) is 0 Å². The molecule has 0 amide bonds. The van der Waals surface area contributed by atoms with Gasteiger partial charge in [0.15, 0.2) is 5.82 Å². The molecule has 10 heteroatoms. The van der Waals surface area contributed by atoms with Crippen molar-refractivity contribution < 1.29 is 4.21 Å². The highest BCUT2D eigenvalue weighted by Gasteiger charge is 2.11. The van der Waals surface area contributed by atoms with Crippen molar-refractivity contribution in [2.45, 2.75) is 5.16 Å². The lowest BCUT2D eigenvalue weighted by atomic mass is 10.2. The molecular formula is C13H10Cl2N6OS. The lowest BCUT2D eigenvalue weighted by Gasteiger charge is -2.10. The van der Waals surface area contributed by atoms with Gasteiger partial charge in [0.2, 0.25) is 5.16 Å². The SMILES string of the molecule is CS(=O)c1ncc2ncnc(Nc3cc(Cl)c(N)c(Cl)c3)c2n1. The minimum Gasteiger partial charge on any atom is -0.396 e. The minimum absolute atomic E-state index is 0.198. The Hall–Kier alpha value is -2.03. The Bertz CT molecular complexity index is 912. The number of hydrogen-bond donors (Lipinski definition) is 2. The van der Waals surface area contributed by atoms with Gasteiger partial charge in [-0.15, -0.1) is 0 Å². The summed E-state index contributed by atoms with van der Waals surface area (Å²) >= 11 is 12.0. The molecule has 2 heterocycles. The molecule has 3 aromatic rings. The third kappa shape index (κ3) is 3.19. The molecule has 0 saturated heterocycles. The van der Waals surface area contributed by atoms with Gasteiger partial charge >= 0.3 is 0 Å². The third-order valence-electron chi connectivity index (χ3n) is 2.95. The maximum absolute atomic E-state index is 11.6. The summed E-state index contributed by atoms with van der Waals surface area (Å²) in [6.07, 6.45) is 4.36. The average molecular weight is 369 g/mol. The molecule has 0 fully saturated rings. The molecule has 3 rings (SSSR count). The summed E-state index contributed by atoms with van der Waals surface area (Å²) in [5, 5.41) is 3.90. The Kier molecular flexibility index (Phi) is 4.29. The van der Waals surface area contributed by atoms with E-state index in [0.717, 1.165) is 0 Å². The molecule has 1 aromatic carbocycles. The van der Waals surface area contributed by atoms with E-state index in [1.165, 1.54) is 18.8 Å². The number of nitrogens with one attached hydrogen (secondary N) is 1. The molecule has 0 spiro atoms. The van der Waals surface area contributed by atoms with Crippen LogP contribution < -0.4 is 11.1 Å². The van der Waals surface area contributed by atoms with Crippen molar-refractivity contribution in [3.05, 3.63) is 34.7 Å². The summed E-state index contributed by atoms with van der Waals surface area (Å²) in [6, 6.07) is 3.24. The van der Waals surface area contributed by atoms with E-state index >= 15 is 0 Å². The van der Waals surface area contributed by atoms with Crippen LogP contribution in [-0.4, -0.2) is 30.4 Å². The molecule has 118 valence electrons. The van der Waals surface area contributed by atoms with E-state index in [1.807, 2.05) is 0 Å². The Balaban J connectivity index is 2.09. The Morgan fingerprint density at radius 2 is 1.87 bits per heavy atom. The lowest BCUT2D eigenvalue weighted by molar-refractivity contribution is 0.680. The highest BCUT2D eigenvalue weighted by Crippen LogP contribution is 2.32. The van der Waals surface area contributed by atoms with Gasteiger partial charge in [-0.25, -0.2) is 19.9 Å². The van der Waals surface area contributed by atoms with Crippen LogP contribution in [0.1, 0.15) is 0 Å². The van der Waals surface area contributed by atoms with Crippen molar-refractivity contribution in [1.29, 1.82) is 0 Å². The lowest BCUT2D eigenvalue weighted by Crippen LogP contribution is -2.02. The highest BCUT2D eigenvalue weighted by molar-refractivity contribution is 7.84. The summed E-state index contributed by atoms with van der Waals surface area (Å²) in [5.74, 6) is 0.418. The monoisotopic (exact) mass is 368 g/mol. The van der Waals surface area contributed by atoms with E-state index in [1.54, 1.807) is 12.1 Å². The molecule has 0 radical (unpaired) electrons. The summed E-state index contributed by atoms with van der Waals surface area (Å²) in [5.41, 5.74) is 7.57. The van der Waals surface area contributed by atoms with Gasteiger partial charge in [-0.2, -0.15) is 0 Å². The number of anilines is 3. The predicted molar refractivity (Wildman–Crippen MR) is 91.6 cm³/mol. The van der Waals surface area contributed by atoms with Crippen LogP contribution in [-0.2, 0) is 10.8 Å². The molecule has 0 saturated carbocycles. The fourth-order valence-electron chi connectivity index (χ4n) is 1.86. The van der Waals surface area contributed by atoms with E-state index < -0.39 is 10.8 Å². The summed E-state index contributed by atoms with van der Waals surface area (Å²) in [7, 11) is -1.31. The van der Waals surface area contributed by atoms with Crippen molar-refractivity contribution in [3.8, 4) is 0 Å². The Morgan fingerprint density at radius 1 is 1.17 bits per heavy atom. The second kappa shape index (κ2) is 6.23. The average Bonchev–Trinajstić information content (AvgIpc) is 2.52. The molecule has 7 nitrogen and oxygen atoms in total. The summed E-state index contributed by atoms with van der Waals surface area (Å²) in [4.78, 5) is 16.5. The Labute approximate surface area is 143 Å². The number of nitrogen functional groups attached to an aromatic ring is 1. The molecular weight excluding hydrogens is 359 g/mol. The number of benzene rings is 1. The van der Waals surface area contributed by atoms with Crippen LogP contribution in [0.3, 0.4) is 0 Å². The minimum atomic E-state index is -1.31. The van der Waals surface area contributed by atoms with E-state index in [4.69, 9.17) is 28.9 Å². The maximum atomic E-state index is 11.6. The molecule has 1 atom stereocenters. The number of hydrogen-bond acceptors (Lipinski definition) is 7. The van der Waals surface area contributed by atoms with Gasteiger partial charge in [0.05, 0.1) is 32.7 Å². The van der Waals surface area contributed by atoms with Gasteiger partial charge in [-0.05, 0) is 12.1 Å². The zero-order chi connectivity index (χ0) is 16.6. The van der Waals surface area contributed by atoms with Crippen molar-refractivity contribution in [2.75, 3.05) is 17.3 Å². The number of halogens is 2. The quantitative estimate of drug-likeness (QED) is 0.540. The third-order valence-corrected chi connectivity index (χ3v) is 4.29. The molecule has 0 aliphatic rings. The number of rotatable bonds is 3. The molecule has 23 heavy (non-hydrogen) atoms. The van der Waals surface area contributed by atoms with Crippen LogP contribution in [0, 0.1) is 0 Å². The number of nitrogens with two attached hydrogens (primary N) is 1. The van der Waals surface area contributed by atoms with Gasteiger partial charge in [-0.1, -0.05) is 23.2 Å². The molecule has 0 aliphatic heterocycles. The fourth-order valence-corrected chi connectivity index (χ4v) is 2.77. The Morgan fingerprint density at radius 3 is 2.52 bits per heavy atom. The molecule has 3 N–H and O–H groups in total. The first kappa shape index (κ1) is 15.9. The smallest absolute Gasteiger partial charge is 0.218 e. The predicted octanol–water partition coefficient (Wildman–Crippen LogP) is 2.79. The normalized spacial score (nSPS) is 12.3. The van der Waals surface area contributed by atoms with Crippen LogP contribution in [0.25, 0.3) is 11.0 Å². The summed E-state index contributed by atoms with van der Waals surface area (Å²) < 4.78 is 11.6. The highest BCUT2D eigenvalue weighted by atomic mass is 35.5. The van der Waals surface area contributed by atoms with Crippen LogP contribution in [0.15, 0.2) is 29.8 Å². The first-order chi connectivity index (χ1) is 11.0. The number of nitrogens with zero attached hydrogens (tertiary/aromatic N) is 4. The molecule has 0 aliphatic carbocycles. The van der Waals surface area contributed by atoms with E-state index in [2.05, 4.69) is 25.3 Å². The van der Waals surface area contributed by atoms with Gasteiger partial charge in [0.1, 0.15) is 17.4 Å². The zero-order valence-electron chi connectivity index (χ0n) is 11.7. The van der Waals surface area contributed by atoms with Gasteiger partial charge in [0, 0.05) is 11.9 Å². The second-order valence-electron chi connectivity index (χ2n) is 4.54. The topological polar surface area (TPSA) is 107 Å².